The lowest BCUT2D eigenvalue weighted by molar-refractivity contribution is 0.210. The molecule has 0 heterocycles. The van der Waals surface area contributed by atoms with Gasteiger partial charge in [0.25, 0.3) is 0 Å². The van der Waals surface area contributed by atoms with E-state index in [1.165, 1.54) is 0 Å². The second-order valence-corrected chi connectivity index (χ2v) is 2.50. The number of carboxylic acid groups (broad SMARTS) is 1. The Hall–Kier alpha value is -1.16. The average Bonchev–Trinajstić information content (AvgIpc) is 1.85. The number of nitrogens with one attached hydrogen (secondary N) is 1. The highest BCUT2D eigenvalue weighted by Gasteiger charge is 1.95. The van der Waals surface area contributed by atoms with Crippen LogP contribution in [0.4, 0.5) is 10.5 Å². The van der Waals surface area contributed by atoms with Crippen molar-refractivity contribution in [2.45, 2.75) is 4.90 Å². The highest BCUT2D eigenvalue weighted by Crippen LogP contribution is 2.12. The predicted molar refractivity (Wildman–Crippen MR) is 45.3 cm³/mol. The Bertz CT molecular complexity index is 275. The zero-order chi connectivity index (χ0) is 8.27. The third-order valence-corrected chi connectivity index (χ3v) is 1.38. The summed E-state index contributed by atoms with van der Waals surface area (Å²) >= 11 is 4.04. The maximum atomic E-state index is 10.1. The van der Waals surface area contributed by atoms with Crippen molar-refractivity contribution >= 4 is 24.4 Å². The van der Waals surface area contributed by atoms with Crippen molar-refractivity contribution in [2.75, 3.05) is 5.32 Å². The zero-order valence-corrected chi connectivity index (χ0v) is 6.51. The molecule has 0 aliphatic heterocycles. The van der Waals surface area contributed by atoms with E-state index in [1.807, 2.05) is 0 Å². The lowest BCUT2D eigenvalue weighted by Crippen LogP contribution is -2.06. The molecule has 0 bridgehead atoms. The molecule has 0 radical (unpaired) electrons. The predicted octanol–water partition coefficient (Wildman–Crippen LogP) is 2.07. The van der Waals surface area contributed by atoms with Crippen LogP contribution >= 0.6 is 12.6 Å². The van der Waals surface area contributed by atoms with E-state index in [1.54, 1.807) is 24.3 Å². The number of amides is 1. The first-order valence-corrected chi connectivity index (χ1v) is 3.42. The minimum atomic E-state index is -1.07. The van der Waals surface area contributed by atoms with Crippen molar-refractivity contribution < 1.29 is 9.90 Å². The summed E-state index contributed by atoms with van der Waals surface area (Å²) in [7, 11) is 0. The van der Waals surface area contributed by atoms with Gasteiger partial charge < -0.3 is 5.11 Å². The number of hydrogen-bond acceptors (Lipinski definition) is 2. The van der Waals surface area contributed by atoms with E-state index in [9.17, 15) is 4.79 Å². The molecule has 1 amide bonds. The van der Waals surface area contributed by atoms with Crippen LogP contribution in [0.3, 0.4) is 0 Å². The molecular formula is C7H7NO2S. The molecule has 0 aromatic heterocycles. The van der Waals surface area contributed by atoms with Gasteiger partial charge in [0.05, 0.1) is 0 Å². The summed E-state index contributed by atoms with van der Waals surface area (Å²) in [6.45, 7) is 0. The lowest BCUT2D eigenvalue weighted by Gasteiger charge is -1.99. The third-order valence-electron chi connectivity index (χ3n) is 1.10. The van der Waals surface area contributed by atoms with Gasteiger partial charge in [0.15, 0.2) is 0 Å². The average molecular weight is 169 g/mol. The molecule has 0 unspecified atom stereocenters. The summed E-state index contributed by atoms with van der Waals surface area (Å²) < 4.78 is 0. The fraction of sp³-hybridized carbons (Fsp3) is 0. The van der Waals surface area contributed by atoms with E-state index >= 15 is 0 Å². The van der Waals surface area contributed by atoms with Crippen LogP contribution in [0, 0.1) is 0 Å². The van der Waals surface area contributed by atoms with E-state index in [0.29, 0.717) is 5.69 Å². The van der Waals surface area contributed by atoms with Gasteiger partial charge in [-0.25, -0.2) is 4.79 Å². The second-order valence-electron chi connectivity index (χ2n) is 1.98. The van der Waals surface area contributed by atoms with Crippen molar-refractivity contribution in [1.29, 1.82) is 0 Å². The fourth-order valence-electron chi connectivity index (χ4n) is 0.707. The van der Waals surface area contributed by atoms with Gasteiger partial charge in [0.2, 0.25) is 0 Å². The smallest absolute Gasteiger partial charge is 0.409 e. The Morgan fingerprint density at radius 2 is 2.27 bits per heavy atom. The molecule has 11 heavy (non-hydrogen) atoms. The first-order valence-electron chi connectivity index (χ1n) is 2.97. The molecule has 0 spiro atoms. The first-order chi connectivity index (χ1) is 5.18. The van der Waals surface area contributed by atoms with Gasteiger partial charge in [0, 0.05) is 10.6 Å². The van der Waals surface area contributed by atoms with Crippen molar-refractivity contribution in [2.24, 2.45) is 0 Å². The van der Waals surface area contributed by atoms with Gasteiger partial charge in [-0.15, -0.1) is 12.6 Å². The van der Waals surface area contributed by atoms with Crippen molar-refractivity contribution in [3.05, 3.63) is 24.3 Å². The van der Waals surface area contributed by atoms with Crippen LogP contribution < -0.4 is 5.32 Å². The van der Waals surface area contributed by atoms with Crippen LogP contribution in [0.5, 0.6) is 0 Å². The summed E-state index contributed by atoms with van der Waals surface area (Å²) in [5, 5.41) is 10.5. The second kappa shape index (κ2) is 3.30. The Morgan fingerprint density at radius 1 is 1.55 bits per heavy atom. The maximum absolute atomic E-state index is 10.1. The number of rotatable bonds is 1. The molecule has 1 rings (SSSR count). The van der Waals surface area contributed by atoms with E-state index in [2.05, 4.69) is 17.9 Å². The number of hydrogen-bond donors (Lipinski definition) is 3. The Kier molecular flexibility index (Phi) is 2.38. The van der Waals surface area contributed by atoms with Crippen LogP contribution in [0.25, 0.3) is 0 Å². The monoisotopic (exact) mass is 169 g/mol. The molecule has 2 N–H and O–H groups in total. The van der Waals surface area contributed by atoms with Gasteiger partial charge in [-0.2, -0.15) is 0 Å². The first kappa shape index (κ1) is 7.94. The van der Waals surface area contributed by atoms with Crippen molar-refractivity contribution in [3.63, 3.8) is 0 Å². The molecule has 0 saturated carbocycles. The van der Waals surface area contributed by atoms with Crippen LogP contribution in [0.1, 0.15) is 0 Å². The Morgan fingerprint density at radius 3 is 2.82 bits per heavy atom. The molecule has 1 aromatic carbocycles. The lowest BCUT2D eigenvalue weighted by atomic mass is 10.3. The largest absolute Gasteiger partial charge is 0.465 e. The van der Waals surface area contributed by atoms with Crippen LogP contribution in [-0.4, -0.2) is 11.2 Å². The number of carbonyl (C=O) groups is 1. The fourth-order valence-corrected chi connectivity index (χ4v) is 0.932. The molecular weight excluding hydrogens is 162 g/mol. The summed E-state index contributed by atoms with van der Waals surface area (Å²) in [6.07, 6.45) is -1.07. The van der Waals surface area contributed by atoms with Crippen LogP contribution in [-0.2, 0) is 0 Å². The molecule has 1 aromatic rings. The normalized spacial score (nSPS) is 9.18. The maximum Gasteiger partial charge on any atom is 0.409 e. The molecule has 0 atom stereocenters. The SMILES string of the molecule is O=C(O)Nc1cccc(S)c1. The quantitative estimate of drug-likeness (QED) is 0.563. The van der Waals surface area contributed by atoms with E-state index < -0.39 is 6.09 Å². The molecule has 0 aliphatic rings. The Balaban J connectivity index is 2.79. The molecule has 3 nitrogen and oxygen atoms in total. The molecule has 0 aliphatic carbocycles. The van der Waals surface area contributed by atoms with Gasteiger partial charge in [-0.05, 0) is 18.2 Å². The molecule has 0 fully saturated rings. The van der Waals surface area contributed by atoms with E-state index in [-0.39, 0.29) is 0 Å². The zero-order valence-electron chi connectivity index (χ0n) is 5.61. The number of benzene rings is 1. The van der Waals surface area contributed by atoms with Gasteiger partial charge in [-0.3, -0.25) is 5.32 Å². The summed E-state index contributed by atoms with van der Waals surface area (Å²) in [4.78, 5) is 10.9. The number of thiol groups is 1. The molecule has 58 valence electrons. The summed E-state index contributed by atoms with van der Waals surface area (Å²) in [6, 6.07) is 6.80. The van der Waals surface area contributed by atoms with Gasteiger partial charge in [-0.1, -0.05) is 6.07 Å². The van der Waals surface area contributed by atoms with Crippen molar-refractivity contribution in [3.8, 4) is 0 Å². The standard InChI is InChI=1S/C7H7NO2S/c9-7(10)8-5-2-1-3-6(11)4-5/h1-4,8,11H,(H,9,10). The highest BCUT2D eigenvalue weighted by molar-refractivity contribution is 7.80. The molecule has 4 heteroatoms. The van der Waals surface area contributed by atoms with Crippen LogP contribution in [0.15, 0.2) is 29.2 Å². The third kappa shape index (κ3) is 2.51. The summed E-state index contributed by atoms with van der Waals surface area (Å²) in [5.74, 6) is 0. The van der Waals surface area contributed by atoms with E-state index in [0.717, 1.165) is 4.90 Å². The van der Waals surface area contributed by atoms with E-state index in [4.69, 9.17) is 5.11 Å². The van der Waals surface area contributed by atoms with Gasteiger partial charge >= 0.3 is 6.09 Å². The number of anilines is 1. The minimum Gasteiger partial charge on any atom is -0.465 e. The minimum absolute atomic E-state index is 0.532. The van der Waals surface area contributed by atoms with Gasteiger partial charge in [0.1, 0.15) is 0 Å². The van der Waals surface area contributed by atoms with Crippen LogP contribution in [0.2, 0.25) is 0 Å². The summed E-state index contributed by atoms with van der Waals surface area (Å²) in [5.41, 5.74) is 0.532. The molecule has 0 saturated heterocycles. The highest BCUT2D eigenvalue weighted by atomic mass is 32.1. The topological polar surface area (TPSA) is 49.3 Å². The van der Waals surface area contributed by atoms with Crippen molar-refractivity contribution in [1.82, 2.24) is 0 Å². The Labute approximate surface area is 69.5 Å².